The lowest BCUT2D eigenvalue weighted by atomic mass is 9.84. The quantitative estimate of drug-likeness (QED) is 0.905. The molecular weight excluding hydrogens is 278 g/mol. The number of amides is 2. The molecule has 0 bridgehead atoms. The standard InChI is InChI=1S/C15H18F2N2O2/c1-15(2,3)13-14(21)19(8-11(20)18-13)7-9-5-4-6-10(16)12(9)17/h4-6,13H,7-8H2,1-3H3,(H,18,20). The van der Waals surface area contributed by atoms with Crippen LogP contribution >= 0.6 is 0 Å². The van der Waals surface area contributed by atoms with E-state index < -0.39 is 23.1 Å². The second-order valence-corrected chi connectivity index (χ2v) is 6.27. The first-order chi connectivity index (χ1) is 9.70. The molecule has 1 atom stereocenters. The second-order valence-electron chi connectivity index (χ2n) is 6.27. The molecule has 1 aromatic rings. The molecule has 1 N–H and O–H groups in total. The van der Waals surface area contributed by atoms with Gasteiger partial charge in [-0.2, -0.15) is 0 Å². The molecular formula is C15H18F2N2O2. The van der Waals surface area contributed by atoms with Gasteiger partial charge in [0.2, 0.25) is 11.8 Å². The molecule has 1 aliphatic rings. The van der Waals surface area contributed by atoms with Gasteiger partial charge in [-0.05, 0) is 11.5 Å². The minimum atomic E-state index is -0.983. The zero-order valence-electron chi connectivity index (χ0n) is 12.2. The van der Waals surface area contributed by atoms with E-state index in [9.17, 15) is 18.4 Å². The smallest absolute Gasteiger partial charge is 0.246 e. The number of carbonyl (C=O) groups excluding carboxylic acids is 2. The molecule has 1 aromatic carbocycles. The number of piperazine rings is 1. The van der Waals surface area contributed by atoms with Crippen molar-refractivity contribution in [3.05, 3.63) is 35.4 Å². The van der Waals surface area contributed by atoms with Crippen LogP contribution in [0.15, 0.2) is 18.2 Å². The molecule has 1 unspecified atom stereocenters. The topological polar surface area (TPSA) is 49.4 Å². The minimum Gasteiger partial charge on any atom is -0.342 e. The highest BCUT2D eigenvalue weighted by molar-refractivity contribution is 5.95. The third kappa shape index (κ3) is 3.20. The summed E-state index contributed by atoms with van der Waals surface area (Å²) >= 11 is 0. The Hall–Kier alpha value is -1.98. The van der Waals surface area contributed by atoms with Crippen LogP contribution in [0.1, 0.15) is 26.3 Å². The van der Waals surface area contributed by atoms with Crippen molar-refractivity contribution >= 4 is 11.8 Å². The van der Waals surface area contributed by atoms with Gasteiger partial charge in [0.05, 0.1) is 6.54 Å². The summed E-state index contributed by atoms with van der Waals surface area (Å²) in [7, 11) is 0. The second kappa shape index (κ2) is 5.42. The molecule has 0 radical (unpaired) electrons. The third-order valence-electron chi connectivity index (χ3n) is 3.46. The molecule has 6 heteroatoms. The number of rotatable bonds is 2. The van der Waals surface area contributed by atoms with E-state index in [1.807, 2.05) is 20.8 Å². The summed E-state index contributed by atoms with van der Waals surface area (Å²) in [4.78, 5) is 25.4. The number of nitrogens with one attached hydrogen (secondary N) is 1. The number of carbonyl (C=O) groups is 2. The van der Waals surface area contributed by atoms with E-state index in [0.29, 0.717) is 0 Å². The fourth-order valence-electron chi connectivity index (χ4n) is 2.30. The molecule has 0 saturated carbocycles. The van der Waals surface area contributed by atoms with E-state index in [-0.39, 0.29) is 30.5 Å². The van der Waals surface area contributed by atoms with Crippen LogP contribution in [0, 0.1) is 17.0 Å². The molecule has 2 amide bonds. The number of hydrogen-bond donors (Lipinski definition) is 1. The lowest BCUT2D eigenvalue weighted by Crippen LogP contribution is -2.61. The monoisotopic (exact) mass is 296 g/mol. The van der Waals surface area contributed by atoms with E-state index in [1.165, 1.54) is 17.0 Å². The first kappa shape index (κ1) is 15.4. The summed E-state index contributed by atoms with van der Waals surface area (Å²) in [5.41, 5.74) is -0.392. The maximum Gasteiger partial charge on any atom is 0.246 e. The maximum absolute atomic E-state index is 13.7. The highest BCUT2D eigenvalue weighted by Gasteiger charge is 2.40. The predicted molar refractivity (Wildman–Crippen MR) is 73.2 cm³/mol. The van der Waals surface area contributed by atoms with Crippen molar-refractivity contribution < 1.29 is 18.4 Å². The number of halogens is 2. The number of nitrogens with zero attached hydrogens (tertiary/aromatic N) is 1. The summed E-state index contributed by atoms with van der Waals surface area (Å²) in [5.74, 6) is -2.53. The Morgan fingerprint density at radius 3 is 2.57 bits per heavy atom. The Bertz CT molecular complexity index is 582. The van der Waals surface area contributed by atoms with Crippen LogP contribution < -0.4 is 5.32 Å². The van der Waals surface area contributed by atoms with Crippen molar-refractivity contribution in [2.45, 2.75) is 33.4 Å². The van der Waals surface area contributed by atoms with E-state index in [0.717, 1.165) is 6.07 Å². The van der Waals surface area contributed by atoms with Crippen molar-refractivity contribution in [3.8, 4) is 0 Å². The van der Waals surface area contributed by atoms with Crippen LogP contribution in [0.2, 0.25) is 0 Å². The van der Waals surface area contributed by atoms with Crippen molar-refractivity contribution in [2.24, 2.45) is 5.41 Å². The summed E-state index contributed by atoms with van der Waals surface area (Å²) in [6, 6.07) is 3.13. The van der Waals surface area contributed by atoms with E-state index in [1.54, 1.807) is 0 Å². The normalized spacial score (nSPS) is 19.7. The largest absolute Gasteiger partial charge is 0.342 e. The van der Waals surface area contributed by atoms with E-state index in [4.69, 9.17) is 0 Å². The molecule has 1 saturated heterocycles. The average Bonchev–Trinajstić information content (AvgIpc) is 2.37. The SMILES string of the molecule is CC(C)(C)C1NC(=O)CN(Cc2cccc(F)c2F)C1=O. The summed E-state index contributed by atoms with van der Waals surface area (Å²) in [5, 5.41) is 2.65. The first-order valence-electron chi connectivity index (χ1n) is 6.71. The molecule has 0 aromatic heterocycles. The van der Waals surface area contributed by atoms with Gasteiger partial charge in [-0.15, -0.1) is 0 Å². The lowest BCUT2D eigenvalue weighted by Gasteiger charge is -2.38. The average molecular weight is 296 g/mol. The van der Waals surface area contributed by atoms with Gasteiger partial charge in [0, 0.05) is 12.1 Å². The molecule has 0 aliphatic carbocycles. The van der Waals surface area contributed by atoms with Gasteiger partial charge in [0.25, 0.3) is 0 Å². The molecule has 21 heavy (non-hydrogen) atoms. The minimum absolute atomic E-state index is 0.0608. The van der Waals surface area contributed by atoms with Crippen LogP contribution in [0.5, 0.6) is 0 Å². The van der Waals surface area contributed by atoms with Crippen LogP contribution in [0.3, 0.4) is 0 Å². The molecule has 1 heterocycles. The van der Waals surface area contributed by atoms with Crippen LogP contribution in [-0.2, 0) is 16.1 Å². The Morgan fingerprint density at radius 2 is 1.95 bits per heavy atom. The zero-order chi connectivity index (χ0) is 15.8. The van der Waals surface area contributed by atoms with Crippen LogP contribution in [0.25, 0.3) is 0 Å². The first-order valence-corrected chi connectivity index (χ1v) is 6.71. The summed E-state index contributed by atoms with van der Waals surface area (Å²) in [6.07, 6.45) is 0. The fraction of sp³-hybridized carbons (Fsp3) is 0.467. The Balaban J connectivity index is 2.25. The van der Waals surface area contributed by atoms with Gasteiger partial charge in [0.1, 0.15) is 6.04 Å². The summed E-state index contributed by atoms with van der Waals surface area (Å²) in [6.45, 7) is 5.23. The molecule has 4 nitrogen and oxygen atoms in total. The fourth-order valence-corrected chi connectivity index (χ4v) is 2.30. The van der Waals surface area contributed by atoms with Crippen LogP contribution in [-0.4, -0.2) is 29.3 Å². The van der Waals surface area contributed by atoms with Gasteiger partial charge in [-0.1, -0.05) is 32.9 Å². The number of benzene rings is 1. The Kier molecular flexibility index (Phi) is 3.98. The van der Waals surface area contributed by atoms with Crippen molar-refractivity contribution in [3.63, 3.8) is 0 Å². The highest BCUT2D eigenvalue weighted by atomic mass is 19.2. The maximum atomic E-state index is 13.7. The molecule has 114 valence electrons. The zero-order valence-corrected chi connectivity index (χ0v) is 12.2. The van der Waals surface area contributed by atoms with Gasteiger partial charge in [-0.25, -0.2) is 8.78 Å². The highest BCUT2D eigenvalue weighted by Crippen LogP contribution is 2.24. The summed E-state index contributed by atoms with van der Waals surface area (Å²) < 4.78 is 26.9. The van der Waals surface area contributed by atoms with E-state index in [2.05, 4.69) is 5.32 Å². The van der Waals surface area contributed by atoms with Crippen molar-refractivity contribution in [1.29, 1.82) is 0 Å². The number of hydrogen-bond acceptors (Lipinski definition) is 2. The van der Waals surface area contributed by atoms with Gasteiger partial charge in [0.15, 0.2) is 11.6 Å². The molecule has 1 fully saturated rings. The van der Waals surface area contributed by atoms with Gasteiger partial charge < -0.3 is 10.2 Å². The van der Waals surface area contributed by atoms with E-state index >= 15 is 0 Å². The lowest BCUT2D eigenvalue weighted by molar-refractivity contribution is -0.148. The van der Waals surface area contributed by atoms with Crippen molar-refractivity contribution in [1.82, 2.24) is 10.2 Å². The van der Waals surface area contributed by atoms with Gasteiger partial charge in [-0.3, -0.25) is 9.59 Å². The van der Waals surface area contributed by atoms with Crippen molar-refractivity contribution in [2.75, 3.05) is 6.54 Å². The molecule has 1 aliphatic heterocycles. The van der Waals surface area contributed by atoms with Crippen LogP contribution in [0.4, 0.5) is 8.78 Å². The third-order valence-corrected chi connectivity index (χ3v) is 3.46. The van der Waals surface area contributed by atoms with Gasteiger partial charge >= 0.3 is 0 Å². The molecule has 2 rings (SSSR count). The molecule has 0 spiro atoms. The Morgan fingerprint density at radius 1 is 1.29 bits per heavy atom. The predicted octanol–water partition coefficient (Wildman–Crippen LogP) is 1.84. The Labute approximate surface area is 122 Å².